The van der Waals surface area contributed by atoms with Crippen molar-refractivity contribution in [1.82, 2.24) is 0 Å². The van der Waals surface area contributed by atoms with E-state index in [-0.39, 0.29) is 0 Å². The van der Waals surface area contributed by atoms with E-state index in [1.165, 1.54) is 5.56 Å². The van der Waals surface area contributed by atoms with Crippen molar-refractivity contribution in [3.8, 4) is 0 Å². The quantitative estimate of drug-likeness (QED) is 0.757. The average Bonchev–Trinajstić information content (AvgIpc) is 2.24. The Kier molecular flexibility index (Phi) is 3.12. The molecule has 1 nitrogen and oxygen atoms in total. The highest BCUT2D eigenvalue weighted by atomic mass is 32.2. The van der Waals surface area contributed by atoms with Crippen LogP contribution in [0.1, 0.15) is 17.7 Å². The molecule has 0 bridgehead atoms. The fourth-order valence-corrected chi connectivity index (χ4v) is 3.26. The summed E-state index contributed by atoms with van der Waals surface area (Å²) >= 11 is 6.95. The average molecular weight is 235 g/mol. The second-order valence-electron chi connectivity index (χ2n) is 3.70. The number of nitrogens with two attached hydrogens (primary N) is 1. The minimum absolute atomic E-state index is 0.351. The molecular formula is C12H13NS2. The highest BCUT2D eigenvalue weighted by Gasteiger charge is 2.26. The second-order valence-corrected chi connectivity index (χ2v) is 5.58. The molecule has 0 saturated heterocycles. The first-order chi connectivity index (χ1) is 7.18. The zero-order valence-corrected chi connectivity index (χ0v) is 10.1. The van der Waals surface area contributed by atoms with E-state index in [1.807, 2.05) is 12.1 Å². The van der Waals surface area contributed by atoms with Crippen LogP contribution in [-0.2, 0) is 0 Å². The topological polar surface area (TPSA) is 26.0 Å². The maximum Gasteiger partial charge on any atom is 0.0729 e. The van der Waals surface area contributed by atoms with Gasteiger partial charge in [0.1, 0.15) is 0 Å². The molecule has 0 aliphatic carbocycles. The van der Waals surface area contributed by atoms with Gasteiger partial charge in [0, 0.05) is 16.9 Å². The summed E-state index contributed by atoms with van der Waals surface area (Å²) < 4.78 is 0.888. The summed E-state index contributed by atoms with van der Waals surface area (Å²) in [4.78, 5) is 0. The highest BCUT2D eigenvalue weighted by Crippen LogP contribution is 2.42. The first-order valence-electron chi connectivity index (χ1n) is 4.91. The molecule has 0 radical (unpaired) electrons. The molecule has 3 heteroatoms. The molecule has 1 heterocycles. The van der Waals surface area contributed by atoms with Crippen LogP contribution < -0.4 is 5.73 Å². The molecule has 0 fully saturated rings. The smallest absolute Gasteiger partial charge is 0.0729 e. The molecule has 2 N–H and O–H groups in total. The van der Waals surface area contributed by atoms with Crippen LogP contribution >= 0.6 is 24.0 Å². The lowest BCUT2D eigenvalue weighted by molar-refractivity contribution is 0.654. The standard InChI is InChI=1S/C12H13NS2/c1-8-10(13)7-11(14)15-12(8)9-5-3-2-4-6-9/h2-8,12H,13H2,1H3. The summed E-state index contributed by atoms with van der Waals surface area (Å²) in [6.45, 7) is 2.15. The lowest BCUT2D eigenvalue weighted by atomic mass is 9.97. The number of allylic oxidation sites excluding steroid dienone is 1. The number of hydrogen-bond acceptors (Lipinski definition) is 3. The molecule has 0 saturated carbocycles. The van der Waals surface area contributed by atoms with Crippen LogP contribution in [0.3, 0.4) is 0 Å². The number of rotatable bonds is 1. The summed E-state index contributed by atoms with van der Waals surface area (Å²) in [5.41, 5.74) is 8.15. The molecular weight excluding hydrogens is 222 g/mol. The summed E-state index contributed by atoms with van der Waals surface area (Å²) in [5.74, 6) is 0.351. The fourth-order valence-electron chi connectivity index (χ4n) is 1.70. The first-order valence-corrected chi connectivity index (χ1v) is 6.20. The van der Waals surface area contributed by atoms with Crippen molar-refractivity contribution in [3.63, 3.8) is 0 Å². The van der Waals surface area contributed by atoms with Crippen LogP contribution in [0, 0.1) is 5.92 Å². The third-order valence-electron chi connectivity index (χ3n) is 2.64. The van der Waals surface area contributed by atoms with Crippen molar-refractivity contribution in [3.05, 3.63) is 47.7 Å². The van der Waals surface area contributed by atoms with Gasteiger partial charge < -0.3 is 5.73 Å². The van der Waals surface area contributed by atoms with Crippen molar-refractivity contribution in [1.29, 1.82) is 0 Å². The summed E-state index contributed by atoms with van der Waals surface area (Å²) in [5, 5.41) is 0.365. The summed E-state index contributed by atoms with van der Waals surface area (Å²) in [6.07, 6.45) is 1.91. The highest BCUT2D eigenvalue weighted by molar-refractivity contribution is 8.23. The Bertz CT molecular complexity index is 397. The molecule has 1 aliphatic heterocycles. The fraction of sp³-hybridized carbons (Fsp3) is 0.250. The van der Waals surface area contributed by atoms with Crippen LogP contribution in [0.25, 0.3) is 0 Å². The van der Waals surface area contributed by atoms with Gasteiger partial charge in [-0.05, 0) is 11.6 Å². The van der Waals surface area contributed by atoms with Gasteiger partial charge in [0.15, 0.2) is 0 Å². The van der Waals surface area contributed by atoms with Gasteiger partial charge >= 0.3 is 0 Å². The maximum absolute atomic E-state index is 5.96. The van der Waals surface area contributed by atoms with Crippen molar-refractivity contribution in [2.45, 2.75) is 12.2 Å². The number of benzene rings is 1. The van der Waals surface area contributed by atoms with E-state index in [0.717, 1.165) is 9.89 Å². The van der Waals surface area contributed by atoms with Crippen molar-refractivity contribution in [2.24, 2.45) is 11.7 Å². The van der Waals surface area contributed by atoms with E-state index in [9.17, 15) is 0 Å². The SMILES string of the molecule is CC1C(N)=CC(=S)SC1c1ccccc1. The van der Waals surface area contributed by atoms with Crippen LogP contribution in [0.5, 0.6) is 0 Å². The van der Waals surface area contributed by atoms with Crippen molar-refractivity contribution in [2.75, 3.05) is 0 Å². The van der Waals surface area contributed by atoms with E-state index >= 15 is 0 Å². The number of thiocarbonyl (C=S) groups is 1. The molecule has 0 spiro atoms. The zero-order chi connectivity index (χ0) is 10.8. The zero-order valence-electron chi connectivity index (χ0n) is 8.51. The third-order valence-corrected chi connectivity index (χ3v) is 4.33. The largest absolute Gasteiger partial charge is 0.402 e. The molecule has 2 rings (SSSR count). The van der Waals surface area contributed by atoms with Gasteiger partial charge in [-0.3, -0.25) is 0 Å². The predicted molar refractivity (Wildman–Crippen MR) is 70.8 cm³/mol. The molecule has 1 aromatic carbocycles. The van der Waals surface area contributed by atoms with Gasteiger partial charge in [0.05, 0.1) is 4.20 Å². The summed E-state index contributed by atoms with van der Waals surface area (Å²) in [6, 6.07) is 10.4. The van der Waals surface area contributed by atoms with Crippen molar-refractivity contribution >= 4 is 28.2 Å². The van der Waals surface area contributed by atoms with Crippen molar-refractivity contribution < 1.29 is 0 Å². The van der Waals surface area contributed by atoms with E-state index in [1.54, 1.807) is 11.8 Å². The molecule has 0 amide bonds. The van der Waals surface area contributed by atoms with Crippen LogP contribution in [0.4, 0.5) is 0 Å². The predicted octanol–water partition coefficient (Wildman–Crippen LogP) is 3.28. The maximum atomic E-state index is 5.96. The normalized spacial score (nSPS) is 26.2. The van der Waals surface area contributed by atoms with E-state index in [2.05, 4.69) is 31.2 Å². The molecule has 15 heavy (non-hydrogen) atoms. The van der Waals surface area contributed by atoms with Gasteiger partial charge in [-0.25, -0.2) is 0 Å². The Hall–Kier alpha value is -0.800. The molecule has 2 unspecified atom stereocenters. The van der Waals surface area contributed by atoms with Crippen LogP contribution in [-0.4, -0.2) is 4.20 Å². The molecule has 0 aromatic heterocycles. The third kappa shape index (κ3) is 2.24. The van der Waals surface area contributed by atoms with Gasteiger partial charge in [0.2, 0.25) is 0 Å². The minimum Gasteiger partial charge on any atom is -0.402 e. The lowest BCUT2D eigenvalue weighted by Crippen LogP contribution is -2.20. The van der Waals surface area contributed by atoms with Gasteiger partial charge in [-0.1, -0.05) is 49.5 Å². The van der Waals surface area contributed by atoms with Gasteiger partial charge in [-0.2, -0.15) is 0 Å². The molecule has 78 valence electrons. The molecule has 2 atom stereocenters. The Morgan fingerprint density at radius 1 is 1.27 bits per heavy atom. The Balaban J connectivity index is 2.32. The van der Waals surface area contributed by atoms with Gasteiger partial charge in [0.25, 0.3) is 0 Å². The van der Waals surface area contributed by atoms with E-state index < -0.39 is 0 Å². The summed E-state index contributed by atoms with van der Waals surface area (Å²) in [7, 11) is 0. The minimum atomic E-state index is 0.351. The van der Waals surface area contributed by atoms with E-state index in [0.29, 0.717) is 11.2 Å². The second kappa shape index (κ2) is 4.37. The van der Waals surface area contributed by atoms with Gasteiger partial charge in [-0.15, -0.1) is 11.8 Å². The monoisotopic (exact) mass is 235 g/mol. The Morgan fingerprint density at radius 3 is 2.60 bits per heavy atom. The lowest BCUT2D eigenvalue weighted by Gasteiger charge is -2.28. The Morgan fingerprint density at radius 2 is 1.93 bits per heavy atom. The van der Waals surface area contributed by atoms with Crippen LogP contribution in [0.2, 0.25) is 0 Å². The van der Waals surface area contributed by atoms with Crippen LogP contribution in [0.15, 0.2) is 42.1 Å². The van der Waals surface area contributed by atoms with E-state index in [4.69, 9.17) is 18.0 Å². The number of hydrogen-bond donors (Lipinski definition) is 1. The Labute approximate surface area is 99.7 Å². The molecule has 1 aromatic rings. The molecule has 1 aliphatic rings. The number of thioether (sulfide) groups is 1. The first kappa shape index (κ1) is 10.7.